The topological polar surface area (TPSA) is 9.23 Å². The van der Waals surface area contributed by atoms with Crippen molar-refractivity contribution in [2.24, 2.45) is 0 Å². The van der Waals surface area contributed by atoms with Crippen LogP contribution in [0.5, 0.6) is 5.75 Å². The minimum atomic E-state index is 0.400. The van der Waals surface area contributed by atoms with Gasteiger partial charge in [0.2, 0.25) is 0 Å². The molecule has 0 radical (unpaired) electrons. The van der Waals surface area contributed by atoms with Gasteiger partial charge in [0.1, 0.15) is 5.75 Å². The third kappa shape index (κ3) is 3.01. The maximum atomic E-state index is 6.34. The molecule has 106 valence electrons. The van der Waals surface area contributed by atoms with Crippen molar-refractivity contribution in [1.29, 1.82) is 0 Å². The number of hydrogen-bond acceptors (Lipinski definition) is 1. The monoisotopic (exact) mass is 332 g/mol. The molecule has 2 heteroatoms. The highest BCUT2D eigenvalue weighted by Crippen LogP contribution is 2.32. The summed E-state index contributed by atoms with van der Waals surface area (Å²) >= 11 is 3.63. The van der Waals surface area contributed by atoms with Crippen LogP contribution in [-0.2, 0) is 5.33 Å². The van der Waals surface area contributed by atoms with Crippen LogP contribution in [0.4, 0.5) is 0 Å². The van der Waals surface area contributed by atoms with Crippen molar-refractivity contribution in [1.82, 2.24) is 0 Å². The van der Waals surface area contributed by atoms with Crippen LogP contribution >= 0.6 is 15.9 Å². The summed E-state index contributed by atoms with van der Waals surface area (Å²) in [5, 5.41) is 3.43. The van der Waals surface area contributed by atoms with E-state index in [1.54, 1.807) is 0 Å². The molecule has 0 saturated heterocycles. The second kappa shape index (κ2) is 6.62. The van der Waals surface area contributed by atoms with E-state index in [4.69, 9.17) is 4.74 Å². The minimum Gasteiger partial charge on any atom is -0.490 e. The third-order valence-electron chi connectivity index (χ3n) is 4.23. The Morgan fingerprint density at radius 3 is 2.45 bits per heavy atom. The van der Waals surface area contributed by atoms with E-state index in [2.05, 4.69) is 52.3 Å². The molecule has 0 aromatic heterocycles. The fraction of sp³-hybridized carbons (Fsp3) is 0.444. The average Bonchev–Trinajstić information content (AvgIpc) is 2.76. The fourth-order valence-electron chi connectivity index (χ4n) is 3.10. The lowest BCUT2D eigenvalue weighted by Gasteiger charge is -2.20. The Hall–Kier alpha value is -1.02. The van der Waals surface area contributed by atoms with Gasteiger partial charge in [-0.3, -0.25) is 0 Å². The van der Waals surface area contributed by atoms with E-state index in [0.717, 1.165) is 11.1 Å². The van der Waals surface area contributed by atoms with Crippen molar-refractivity contribution in [3.63, 3.8) is 0 Å². The van der Waals surface area contributed by atoms with Gasteiger partial charge in [-0.05, 0) is 42.5 Å². The molecule has 3 rings (SSSR count). The fourth-order valence-corrected chi connectivity index (χ4v) is 3.68. The van der Waals surface area contributed by atoms with Gasteiger partial charge in [0.05, 0.1) is 6.10 Å². The molecule has 2 aromatic carbocycles. The quantitative estimate of drug-likeness (QED) is 0.507. The van der Waals surface area contributed by atoms with Crippen LogP contribution < -0.4 is 4.74 Å². The molecule has 2 aromatic rings. The highest BCUT2D eigenvalue weighted by Gasteiger charge is 2.16. The van der Waals surface area contributed by atoms with Crippen LogP contribution in [-0.4, -0.2) is 6.10 Å². The van der Waals surface area contributed by atoms with Crippen molar-refractivity contribution < 1.29 is 4.74 Å². The van der Waals surface area contributed by atoms with Crippen LogP contribution in [0.15, 0.2) is 36.4 Å². The van der Waals surface area contributed by atoms with Gasteiger partial charge >= 0.3 is 0 Å². The van der Waals surface area contributed by atoms with E-state index in [0.29, 0.717) is 6.10 Å². The van der Waals surface area contributed by atoms with E-state index in [1.807, 2.05) is 0 Å². The van der Waals surface area contributed by atoms with Crippen molar-refractivity contribution in [3.05, 3.63) is 42.0 Å². The van der Waals surface area contributed by atoms with Crippen molar-refractivity contribution in [3.8, 4) is 5.75 Å². The van der Waals surface area contributed by atoms with Crippen LogP contribution in [0.25, 0.3) is 10.8 Å². The smallest absolute Gasteiger partial charge is 0.124 e. The third-order valence-corrected chi connectivity index (χ3v) is 4.79. The second-order valence-corrected chi connectivity index (χ2v) is 6.19. The van der Waals surface area contributed by atoms with Crippen LogP contribution in [0.2, 0.25) is 0 Å². The van der Waals surface area contributed by atoms with Gasteiger partial charge in [-0.25, -0.2) is 0 Å². The zero-order valence-corrected chi connectivity index (χ0v) is 13.4. The molecule has 1 nitrogen and oxygen atoms in total. The molecular weight excluding hydrogens is 312 g/mol. The zero-order valence-electron chi connectivity index (χ0n) is 11.8. The van der Waals surface area contributed by atoms with E-state index < -0.39 is 0 Å². The standard InChI is InChI=1S/C18H21BrO/c19-13-17-16-10-6-5-7-14(16)11-12-18(17)20-15-8-3-1-2-4-9-15/h5-7,10-12,15H,1-4,8-9,13H2. The molecule has 1 aliphatic rings. The summed E-state index contributed by atoms with van der Waals surface area (Å²) < 4.78 is 6.34. The predicted molar refractivity (Wildman–Crippen MR) is 88.7 cm³/mol. The number of rotatable bonds is 3. The van der Waals surface area contributed by atoms with Crippen molar-refractivity contribution in [2.45, 2.75) is 50.0 Å². The van der Waals surface area contributed by atoms with Gasteiger partial charge in [-0.15, -0.1) is 0 Å². The molecule has 0 spiro atoms. The Kier molecular flexibility index (Phi) is 4.62. The summed E-state index contributed by atoms with van der Waals surface area (Å²) in [6.45, 7) is 0. The molecule has 1 saturated carbocycles. The maximum Gasteiger partial charge on any atom is 0.124 e. The summed E-state index contributed by atoms with van der Waals surface area (Å²) in [6.07, 6.45) is 8.15. The normalized spacial score (nSPS) is 17.1. The average molecular weight is 333 g/mol. The van der Waals surface area contributed by atoms with Crippen LogP contribution in [0.3, 0.4) is 0 Å². The molecule has 0 N–H and O–H groups in total. The van der Waals surface area contributed by atoms with Gasteiger partial charge < -0.3 is 4.74 Å². The van der Waals surface area contributed by atoms with Gasteiger partial charge in [0.15, 0.2) is 0 Å². The number of alkyl halides is 1. The van der Waals surface area contributed by atoms with E-state index >= 15 is 0 Å². The molecule has 20 heavy (non-hydrogen) atoms. The lowest BCUT2D eigenvalue weighted by molar-refractivity contribution is 0.183. The number of halogens is 1. The highest BCUT2D eigenvalue weighted by molar-refractivity contribution is 9.08. The predicted octanol–water partition coefficient (Wildman–Crippen LogP) is 5.84. The Labute approximate surface area is 129 Å². The van der Waals surface area contributed by atoms with E-state index in [-0.39, 0.29) is 0 Å². The first-order valence-electron chi connectivity index (χ1n) is 7.62. The molecule has 0 unspecified atom stereocenters. The molecule has 1 fully saturated rings. The van der Waals surface area contributed by atoms with Gasteiger partial charge in [0, 0.05) is 10.9 Å². The zero-order chi connectivity index (χ0) is 13.8. The first kappa shape index (κ1) is 13.9. The highest BCUT2D eigenvalue weighted by atomic mass is 79.9. The first-order valence-corrected chi connectivity index (χ1v) is 8.74. The van der Waals surface area contributed by atoms with Crippen molar-refractivity contribution in [2.75, 3.05) is 0 Å². The second-order valence-electron chi connectivity index (χ2n) is 5.63. The van der Waals surface area contributed by atoms with Gasteiger partial charge in [-0.1, -0.05) is 59.1 Å². The Morgan fingerprint density at radius 2 is 1.70 bits per heavy atom. The molecule has 0 heterocycles. The van der Waals surface area contributed by atoms with Crippen LogP contribution in [0.1, 0.15) is 44.1 Å². The minimum absolute atomic E-state index is 0.400. The molecule has 0 amide bonds. The van der Waals surface area contributed by atoms with Gasteiger partial charge in [-0.2, -0.15) is 0 Å². The maximum absolute atomic E-state index is 6.34. The number of benzene rings is 2. The van der Waals surface area contributed by atoms with Crippen LogP contribution in [0, 0.1) is 0 Å². The van der Waals surface area contributed by atoms with Gasteiger partial charge in [0.25, 0.3) is 0 Å². The summed E-state index contributed by atoms with van der Waals surface area (Å²) in [5.41, 5.74) is 1.28. The van der Waals surface area contributed by atoms with E-state index in [1.165, 1.54) is 54.9 Å². The summed E-state index contributed by atoms with van der Waals surface area (Å²) in [4.78, 5) is 0. The number of ether oxygens (including phenoxy) is 1. The molecule has 0 aliphatic heterocycles. The lowest BCUT2D eigenvalue weighted by atomic mass is 10.0. The Balaban J connectivity index is 1.90. The first-order chi connectivity index (χ1) is 9.88. The summed E-state index contributed by atoms with van der Waals surface area (Å²) in [5.74, 6) is 1.06. The number of fused-ring (bicyclic) bond motifs is 1. The molecule has 1 aliphatic carbocycles. The van der Waals surface area contributed by atoms with E-state index in [9.17, 15) is 0 Å². The Morgan fingerprint density at radius 1 is 0.950 bits per heavy atom. The molecular formula is C18H21BrO. The number of hydrogen-bond donors (Lipinski definition) is 0. The SMILES string of the molecule is BrCc1c(OC2CCCCCC2)ccc2ccccc12. The molecule has 0 atom stereocenters. The largest absolute Gasteiger partial charge is 0.490 e. The summed E-state index contributed by atoms with van der Waals surface area (Å²) in [7, 11) is 0. The van der Waals surface area contributed by atoms with Crippen molar-refractivity contribution >= 4 is 26.7 Å². The molecule has 0 bridgehead atoms. The lowest BCUT2D eigenvalue weighted by Crippen LogP contribution is -2.15. The summed E-state index contributed by atoms with van der Waals surface area (Å²) in [6, 6.07) is 12.9. The Bertz CT molecular complexity index is 571.